The molecule has 0 aromatic carbocycles. The standard InChI is InChI=1S/C23H34N4O3/c1-22(2,3)30-21(29)25-18-9-13-27(14-16-7-8-16)15-17(18)20(28)26-23(10-11-23)19-6-4-5-12-24-19/h4-6,12,16-18H,7-11,13-15H2,1-3H3,(H,25,29)(H,26,28). The summed E-state index contributed by atoms with van der Waals surface area (Å²) in [6.45, 7) is 8.15. The highest BCUT2D eigenvalue weighted by Crippen LogP contribution is 2.44. The monoisotopic (exact) mass is 414 g/mol. The minimum atomic E-state index is -0.564. The molecule has 2 unspecified atom stereocenters. The maximum absolute atomic E-state index is 13.4. The zero-order valence-electron chi connectivity index (χ0n) is 18.3. The Labute approximate surface area is 178 Å². The second kappa shape index (κ2) is 8.17. The Morgan fingerprint density at radius 1 is 1.23 bits per heavy atom. The number of carbonyl (C=O) groups is 2. The molecule has 2 heterocycles. The van der Waals surface area contributed by atoms with Crippen LogP contribution < -0.4 is 10.6 Å². The molecule has 2 amide bonds. The van der Waals surface area contributed by atoms with Gasteiger partial charge in [-0.05, 0) is 70.9 Å². The van der Waals surface area contributed by atoms with Gasteiger partial charge in [0.2, 0.25) is 5.91 Å². The Balaban J connectivity index is 1.44. The minimum Gasteiger partial charge on any atom is -0.444 e. The van der Waals surface area contributed by atoms with Crippen molar-refractivity contribution in [2.45, 2.75) is 70.1 Å². The lowest BCUT2D eigenvalue weighted by Gasteiger charge is -2.39. The third-order valence-electron chi connectivity index (χ3n) is 6.22. The molecule has 2 aliphatic carbocycles. The molecule has 1 aromatic rings. The molecule has 0 spiro atoms. The van der Waals surface area contributed by atoms with Crippen LogP contribution in [0.4, 0.5) is 4.79 Å². The molecule has 2 saturated carbocycles. The number of likely N-dealkylation sites (tertiary alicyclic amines) is 1. The van der Waals surface area contributed by atoms with Crippen molar-refractivity contribution in [1.29, 1.82) is 0 Å². The molecule has 4 rings (SSSR count). The van der Waals surface area contributed by atoms with Gasteiger partial charge in [-0.25, -0.2) is 4.79 Å². The molecule has 0 radical (unpaired) electrons. The van der Waals surface area contributed by atoms with E-state index in [1.54, 1.807) is 6.20 Å². The summed E-state index contributed by atoms with van der Waals surface area (Å²) < 4.78 is 5.45. The fourth-order valence-corrected chi connectivity index (χ4v) is 4.29. The average molecular weight is 415 g/mol. The second-order valence-corrected chi connectivity index (χ2v) is 10.1. The van der Waals surface area contributed by atoms with Crippen LogP contribution in [0.1, 0.15) is 58.6 Å². The van der Waals surface area contributed by atoms with Crippen LogP contribution in [0.3, 0.4) is 0 Å². The molecule has 1 saturated heterocycles. The number of rotatable bonds is 6. The van der Waals surface area contributed by atoms with Crippen LogP contribution in [-0.2, 0) is 15.1 Å². The fraction of sp³-hybridized carbons (Fsp3) is 0.696. The van der Waals surface area contributed by atoms with E-state index in [0.717, 1.165) is 44.0 Å². The summed E-state index contributed by atoms with van der Waals surface area (Å²) >= 11 is 0. The Hall–Kier alpha value is -2.15. The summed E-state index contributed by atoms with van der Waals surface area (Å²) in [5.74, 6) is 0.471. The summed E-state index contributed by atoms with van der Waals surface area (Å²) in [6.07, 6.45) is 6.45. The fourth-order valence-electron chi connectivity index (χ4n) is 4.29. The van der Waals surface area contributed by atoms with Crippen molar-refractivity contribution in [3.8, 4) is 0 Å². The van der Waals surface area contributed by atoms with E-state index in [1.165, 1.54) is 12.8 Å². The number of pyridine rings is 1. The van der Waals surface area contributed by atoms with Gasteiger partial charge < -0.3 is 20.3 Å². The lowest BCUT2D eigenvalue weighted by atomic mass is 9.90. The Kier molecular flexibility index (Phi) is 5.75. The van der Waals surface area contributed by atoms with Gasteiger partial charge in [0.1, 0.15) is 5.60 Å². The van der Waals surface area contributed by atoms with Gasteiger partial charge in [-0.3, -0.25) is 9.78 Å². The van der Waals surface area contributed by atoms with Crippen LogP contribution in [0.5, 0.6) is 0 Å². The first-order valence-corrected chi connectivity index (χ1v) is 11.2. The van der Waals surface area contributed by atoms with Crippen LogP contribution in [-0.4, -0.2) is 53.2 Å². The Morgan fingerprint density at radius 3 is 2.60 bits per heavy atom. The van der Waals surface area contributed by atoms with E-state index >= 15 is 0 Å². The number of nitrogens with zero attached hydrogens (tertiary/aromatic N) is 2. The van der Waals surface area contributed by atoms with Gasteiger partial charge >= 0.3 is 6.09 Å². The maximum atomic E-state index is 13.4. The normalized spacial score (nSPS) is 26.0. The first-order chi connectivity index (χ1) is 14.2. The van der Waals surface area contributed by atoms with Gasteiger partial charge in [0.25, 0.3) is 0 Å². The molecule has 7 nitrogen and oxygen atoms in total. The molecular formula is C23H34N4O3. The number of hydrogen-bond donors (Lipinski definition) is 2. The molecule has 2 atom stereocenters. The van der Waals surface area contributed by atoms with Crippen LogP contribution in [0.2, 0.25) is 0 Å². The molecule has 7 heteroatoms. The van der Waals surface area contributed by atoms with Crippen molar-refractivity contribution in [1.82, 2.24) is 20.5 Å². The Morgan fingerprint density at radius 2 is 2.00 bits per heavy atom. The molecule has 2 N–H and O–H groups in total. The van der Waals surface area contributed by atoms with Crippen molar-refractivity contribution in [3.63, 3.8) is 0 Å². The van der Waals surface area contributed by atoms with E-state index in [0.29, 0.717) is 6.54 Å². The average Bonchev–Trinajstić information content (AvgIpc) is 3.59. The van der Waals surface area contributed by atoms with E-state index < -0.39 is 11.7 Å². The van der Waals surface area contributed by atoms with E-state index in [1.807, 2.05) is 39.0 Å². The van der Waals surface area contributed by atoms with Gasteiger partial charge in [0.05, 0.1) is 17.2 Å². The van der Waals surface area contributed by atoms with Crippen LogP contribution >= 0.6 is 0 Å². The van der Waals surface area contributed by atoms with Gasteiger partial charge in [-0.15, -0.1) is 0 Å². The number of nitrogens with one attached hydrogen (secondary N) is 2. The third-order valence-corrected chi connectivity index (χ3v) is 6.22. The number of aromatic nitrogens is 1. The second-order valence-electron chi connectivity index (χ2n) is 10.1. The van der Waals surface area contributed by atoms with Crippen molar-refractivity contribution < 1.29 is 14.3 Å². The van der Waals surface area contributed by atoms with Crippen molar-refractivity contribution in [3.05, 3.63) is 30.1 Å². The first kappa shape index (κ1) is 21.1. The lowest BCUT2D eigenvalue weighted by Crippen LogP contribution is -2.57. The highest BCUT2D eigenvalue weighted by Gasteiger charge is 2.49. The zero-order chi connectivity index (χ0) is 21.4. The van der Waals surface area contributed by atoms with Gasteiger partial charge in [0, 0.05) is 31.9 Å². The van der Waals surface area contributed by atoms with E-state index in [2.05, 4.69) is 20.5 Å². The highest BCUT2D eigenvalue weighted by atomic mass is 16.6. The van der Waals surface area contributed by atoms with Gasteiger partial charge in [-0.2, -0.15) is 0 Å². The Bertz CT molecular complexity index is 768. The first-order valence-electron chi connectivity index (χ1n) is 11.2. The van der Waals surface area contributed by atoms with Gasteiger partial charge in [0.15, 0.2) is 0 Å². The van der Waals surface area contributed by atoms with Gasteiger partial charge in [-0.1, -0.05) is 6.07 Å². The summed E-state index contributed by atoms with van der Waals surface area (Å²) in [4.78, 5) is 32.6. The molecule has 0 bridgehead atoms. The van der Waals surface area contributed by atoms with Crippen molar-refractivity contribution in [2.75, 3.05) is 19.6 Å². The van der Waals surface area contributed by atoms with Crippen LogP contribution in [0.25, 0.3) is 0 Å². The maximum Gasteiger partial charge on any atom is 0.407 e. The molecule has 30 heavy (non-hydrogen) atoms. The summed E-state index contributed by atoms with van der Waals surface area (Å²) in [7, 11) is 0. The third kappa shape index (κ3) is 5.31. The smallest absolute Gasteiger partial charge is 0.407 e. The van der Waals surface area contributed by atoms with E-state index in [-0.39, 0.29) is 23.4 Å². The topological polar surface area (TPSA) is 83.6 Å². The van der Waals surface area contributed by atoms with Crippen LogP contribution in [0.15, 0.2) is 24.4 Å². The molecule has 164 valence electrons. The van der Waals surface area contributed by atoms with Crippen molar-refractivity contribution >= 4 is 12.0 Å². The predicted molar refractivity (Wildman–Crippen MR) is 114 cm³/mol. The largest absolute Gasteiger partial charge is 0.444 e. The quantitative estimate of drug-likeness (QED) is 0.748. The summed E-state index contributed by atoms with van der Waals surface area (Å²) in [6, 6.07) is 5.59. The zero-order valence-corrected chi connectivity index (χ0v) is 18.3. The predicted octanol–water partition coefficient (Wildman–Crippen LogP) is 2.81. The number of piperidine rings is 1. The number of alkyl carbamates (subject to hydrolysis) is 1. The number of ether oxygens (including phenoxy) is 1. The molecule has 3 aliphatic rings. The number of amides is 2. The molecular weight excluding hydrogens is 380 g/mol. The molecule has 1 aromatic heterocycles. The SMILES string of the molecule is CC(C)(C)OC(=O)NC1CCN(CC2CC2)CC1C(=O)NC1(c2ccccn2)CC1. The highest BCUT2D eigenvalue weighted by molar-refractivity contribution is 5.82. The van der Waals surface area contributed by atoms with E-state index in [4.69, 9.17) is 4.74 Å². The van der Waals surface area contributed by atoms with Crippen LogP contribution in [0, 0.1) is 11.8 Å². The lowest BCUT2D eigenvalue weighted by molar-refractivity contribution is -0.128. The summed E-state index contributed by atoms with van der Waals surface area (Å²) in [5.41, 5.74) is -0.000248. The number of carbonyl (C=O) groups excluding carboxylic acids is 2. The van der Waals surface area contributed by atoms with Crippen molar-refractivity contribution in [2.24, 2.45) is 11.8 Å². The van der Waals surface area contributed by atoms with E-state index in [9.17, 15) is 9.59 Å². The molecule has 3 fully saturated rings. The number of hydrogen-bond acceptors (Lipinski definition) is 5. The molecule has 1 aliphatic heterocycles. The minimum absolute atomic E-state index is 0.000270. The summed E-state index contributed by atoms with van der Waals surface area (Å²) in [5, 5.41) is 6.25.